The van der Waals surface area contributed by atoms with Gasteiger partial charge in [0.2, 0.25) is 0 Å². The molecule has 1 atom stereocenters. The van der Waals surface area contributed by atoms with Crippen LogP contribution in [-0.4, -0.2) is 0 Å². The smallest absolute Gasteiger partial charge is 0.0210 e. The Morgan fingerprint density at radius 1 is 0.524 bits per heavy atom. The standard InChI is InChI=1S/C21H43/c1-5-9-12-14-18-20(16-8-4)21(17-11-7-3)19-15-13-10-6-2/h21H,5-19H2,1-4H3. The largest absolute Gasteiger partial charge is 0.0654 e. The lowest BCUT2D eigenvalue weighted by molar-refractivity contribution is 0.383. The number of hydrogen-bond acceptors (Lipinski definition) is 0. The third kappa shape index (κ3) is 12.2. The summed E-state index contributed by atoms with van der Waals surface area (Å²) in [5, 5.41) is 0. The van der Waals surface area contributed by atoms with E-state index in [9.17, 15) is 0 Å². The van der Waals surface area contributed by atoms with Gasteiger partial charge in [0.15, 0.2) is 0 Å². The van der Waals surface area contributed by atoms with Gasteiger partial charge in [-0.15, -0.1) is 0 Å². The fraction of sp³-hybridized carbons (Fsp3) is 0.952. The molecule has 0 amide bonds. The van der Waals surface area contributed by atoms with Gasteiger partial charge in [-0.25, -0.2) is 0 Å². The predicted molar refractivity (Wildman–Crippen MR) is 98.7 cm³/mol. The second-order valence-electron chi connectivity index (χ2n) is 6.91. The lowest BCUT2D eigenvalue weighted by Gasteiger charge is -2.27. The summed E-state index contributed by atoms with van der Waals surface area (Å²) in [7, 11) is 0. The van der Waals surface area contributed by atoms with Crippen LogP contribution >= 0.6 is 0 Å². The maximum absolute atomic E-state index is 2.36. The van der Waals surface area contributed by atoms with Crippen molar-refractivity contribution in [1.82, 2.24) is 0 Å². The monoisotopic (exact) mass is 295 g/mol. The van der Waals surface area contributed by atoms with Gasteiger partial charge in [0.1, 0.15) is 0 Å². The summed E-state index contributed by atoms with van der Waals surface area (Å²) in [6.45, 7) is 9.33. The third-order valence-electron chi connectivity index (χ3n) is 4.81. The molecule has 0 bridgehead atoms. The molecule has 0 heterocycles. The molecule has 0 aliphatic carbocycles. The number of rotatable bonds is 16. The van der Waals surface area contributed by atoms with Gasteiger partial charge < -0.3 is 0 Å². The van der Waals surface area contributed by atoms with Crippen molar-refractivity contribution in [3.63, 3.8) is 0 Å². The molecule has 0 aromatic heterocycles. The van der Waals surface area contributed by atoms with Gasteiger partial charge in [0.05, 0.1) is 0 Å². The molecule has 0 fully saturated rings. The van der Waals surface area contributed by atoms with Crippen LogP contribution in [-0.2, 0) is 0 Å². The van der Waals surface area contributed by atoms with Crippen molar-refractivity contribution in [3.8, 4) is 0 Å². The van der Waals surface area contributed by atoms with Gasteiger partial charge in [0, 0.05) is 0 Å². The first-order chi connectivity index (χ1) is 10.3. The van der Waals surface area contributed by atoms with Crippen LogP contribution in [0.3, 0.4) is 0 Å². The maximum Gasteiger partial charge on any atom is -0.0210 e. The van der Waals surface area contributed by atoms with Crippen LogP contribution in [0, 0.1) is 11.8 Å². The molecule has 0 aromatic rings. The van der Waals surface area contributed by atoms with Crippen molar-refractivity contribution in [1.29, 1.82) is 0 Å². The molecule has 0 rings (SSSR count). The first kappa shape index (κ1) is 21.0. The lowest BCUT2D eigenvalue weighted by Crippen LogP contribution is -2.13. The van der Waals surface area contributed by atoms with E-state index in [4.69, 9.17) is 0 Å². The Morgan fingerprint density at radius 2 is 1.10 bits per heavy atom. The number of unbranched alkanes of at least 4 members (excludes halogenated alkanes) is 7. The van der Waals surface area contributed by atoms with E-state index >= 15 is 0 Å². The Hall–Kier alpha value is 0. The van der Waals surface area contributed by atoms with Crippen LogP contribution in [0.5, 0.6) is 0 Å². The molecule has 21 heavy (non-hydrogen) atoms. The van der Waals surface area contributed by atoms with E-state index in [-0.39, 0.29) is 0 Å². The van der Waals surface area contributed by atoms with E-state index in [1.165, 1.54) is 96.3 Å². The average molecular weight is 296 g/mol. The highest BCUT2D eigenvalue weighted by Gasteiger charge is 2.20. The summed E-state index contributed by atoms with van der Waals surface area (Å²) < 4.78 is 0. The van der Waals surface area contributed by atoms with Gasteiger partial charge in [-0.1, -0.05) is 98.3 Å². The van der Waals surface area contributed by atoms with Crippen LogP contribution in [0.2, 0.25) is 0 Å². The molecular weight excluding hydrogens is 252 g/mol. The van der Waals surface area contributed by atoms with E-state index < -0.39 is 0 Å². The topological polar surface area (TPSA) is 0 Å². The summed E-state index contributed by atoms with van der Waals surface area (Å²) in [5.74, 6) is 2.88. The molecule has 0 saturated heterocycles. The molecule has 0 aliphatic rings. The van der Waals surface area contributed by atoms with Crippen LogP contribution in [0.1, 0.15) is 124 Å². The van der Waals surface area contributed by atoms with Crippen LogP contribution in [0.15, 0.2) is 0 Å². The zero-order chi connectivity index (χ0) is 15.8. The first-order valence-electron chi connectivity index (χ1n) is 10.1. The van der Waals surface area contributed by atoms with Crippen LogP contribution in [0.4, 0.5) is 0 Å². The van der Waals surface area contributed by atoms with Crippen LogP contribution in [0.25, 0.3) is 0 Å². The molecule has 0 aromatic carbocycles. The van der Waals surface area contributed by atoms with Gasteiger partial charge in [0.25, 0.3) is 0 Å². The van der Waals surface area contributed by atoms with Crippen molar-refractivity contribution in [2.45, 2.75) is 124 Å². The third-order valence-corrected chi connectivity index (χ3v) is 4.81. The second kappa shape index (κ2) is 16.4. The zero-order valence-corrected chi connectivity index (χ0v) is 15.7. The van der Waals surface area contributed by atoms with E-state index in [0.29, 0.717) is 0 Å². The minimum atomic E-state index is 0.948. The van der Waals surface area contributed by atoms with Crippen molar-refractivity contribution < 1.29 is 0 Å². The van der Waals surface area contributed by atoms with Crippen molar-refractivity contribution in [2.24, 2.45) is 5.92 Å². The normalized spacial score (nSPS) is 13.0. The summed E-state index contributed by atoms with van der Waals surface area (Å²) in [5.41, 5.74) is 0. The molecule has 1 radical (unpaired) electrons. The van der Waals surface area contributed by atoms with E-state index in [1.807, 2.05) is 5.92 Å². The Labute approximate surface area is 136 Å². The molecular formula is C21H43. The van der Waals surface area contributed by atoms with Gasteiger partial charge >= 0.3 is 0 Å². The van der Waals surface area contributed by atoms with E-state index in [1.54, 1.807) is 0 Å². The summed E-state index contributed by atoms with van der Waals surface area (Å²) in [4.78, 5) is 0. The minimum absolute atomic E-state index is 0.948. The van der Waals surface area contributed by atoms with Gasteiger partial charge in [-0.2, -0.15) is 0 Å². The Balaban J connectivity index is 4.23. The molecule has 0 saturated carbocycles. The molecule has 0 nitrogen and oxygen atoms in total. The van der Waals surface area contributed by atoms with Crippen molar-refractivity contribution in [2.75, 3.05) is 0 Å². The molecule has 1 unspecified atom stereocenters. The van der Waals surface area contributed by atoms with Crippen LogP contribution < -0.4 is 0 Å². The average Bonchev–Trinajstić information content (AvgIpc) is 2.50. The highest BCUT2D eigenvalue weighted by molar-refractivity contribution is 4.96. The Bertz CT molecular complexity index is 184. The van der Waals surface area contributed by atoms with E-state index in [0.717, 1.165) is 5.92 Å². The molecule has 0 aliphatic heterocycles. The van der Waals surface area contributed by atoms with Crippen molar-refractivity contribution in [3.05, 3.63) is 5.92 Å². The predicted octanol–water partition coefficient (Wildman–Crippen LogP) is 8.11. The van der Waals surface area contributed by atoms with Crippen molar-refractivity contribution >= 4 is 0 Å². The molecule has 0 spiro atoms. The zero-order valence-electron chi connectivity index (χ0n) is 15.7. The minimum Gasteiger partial charge on any atom is -0.0654 e. The van der Waals surface area contributed by atoms with E-state index in [2.05, 4.69) is 27.7 Å². The lowest BCUT2D eigenvalue weighted by atomic mass is 9.78. The summed E-state index contributed by atoms with van der Waals surface area (Å²) >= 11 is 0. The molecule has 0 N–H and O–H groups in total. The Morgan fingerprint density at radius 3 is 1.67 bits per heavy atom. The Kier molecular flexibility index (Phi) is 16.4. The summed E-state index contributed by atoms with van der Waals surface area (Å²) in [6.07, 6.45) is 21.3. The number of hydrogen-bond donors (Lipinski definition) is 0. The van der Waals surface area contributed by atoms with Gasteiger partial charge in [-0.3, -0.25) is 0 Å². The van der Waals surface area contributed by atoms with Gasteiger partial charge in [-0.05, 0) is 37.5 Å². The quantitative estimate of drug-likeness (QED) is 0.252. The molecule has 127 valence electrons. The first-order valence-corrected chi connectivity index (χ1v) is 10.1. The SMILES string of the molecule is CCCCCC[C](CCC)C(CCCC)CCCCCC. The highest BCUT2D eigenvalue weighted by atomic mass is 14.2. The maximum atomic E-state index is 2.36. The highest BCUT2D eigenvalue weighted by Crippen LogP contribution is 2.34. The summed E-state index contributed by atoms with van der Waals surface area (Å²) in [6, 6.07) is 0. The molecule has 0 heteroatoms. The fourth-order valence-electron chi connectivity index (χ4n) is 3.45. The fourth-order valence-corrected chi connectivity index (χ4v) is 3.45. The second-order valence-corrected chi connectivity index (χ2v) is 6.91.